The van der Waals surface area contributed by atoms with E-state index < -0.39 is 10.0 Å². The van der Waals surface area contributed by atoms with Crippen LogP contribution in [0.4, 0.5) is 5.69 Å². The van der Waals surface area contributed by atoms with Gasteiger partial charge in [0.05, 0.1) is 25.0 Å². The van der Waals surface area contributed by atoms with Gasteiger partial charge < -0.3 is 10.1 Å². The molecule has 0 unspecified atom stereocenters. The highest BCUT2D eigenvalue weighted by Crippen LogP contribution is 2.18. The molecule has 0 heterocycles. The third kappa shape index (κ3) is 5.86. The first-order chi connectivity index (χ1) is 12.8. The van der Waals surface area contributed by atoms with Gasteiger partial charge in [0.25, 0.3) is 5.91 Å². The van der Waals surface area contributed by atoms with Crippen LogP contribution in [-0.2, 0) is 10.0 Å². The number of carbonyl (C=O) groups is 1. The molecule has 0 aliphatic heterocycles. The number of nitrogens with zero attached hydrogens (tertiary/aromatic N) is 1. The number of benzene rings is 2. The minimum Gasteiger partial charge on any atom is -0.491 e. The van der Waals surface area contributed by atoms with Crippen LogP contribution in [0.5, 0.6) is 5.75 Å². The Labute approximate surface area is 160 Å². The van der Waals surface area contributed by atoms with Crippen LogP contribution in [0.3, 0.4) is 0 Å². The van der Waals surface area contributed by atoms with Gasteiger partial charge >= 0.3 is 0 Å². The van der Waals surface area contributed by atoms with Gasteiger partial charge in [-0.15, -0.1) is 6.58 Å². The number of sulfonamides is 1. The van der Waals surface area contributed by atoms with Crippen molar-refractivity contribution in [2.45, 2.75) is 6.92 Å². The van der Waals surface area contributed by atoms with E-state index in [-0.39, 0.29) is 12.5 Å². The molecule has 0 atom stereocenters. The molecule has 0 aromatic heterocycles. The lowest BCUT2D eigenvalue weighted by Crippen LogP contribution is -2.30. The summed E-state index contributed by atoms with van der Waals surface area (Å²) in [5.74, 6) is 0.545. The second-order valence-electron chi connectivity index (χ2n) is 6.00. The molecule has 0 saturated carbocycles. The average molecular weight is 388 g/mol. The third-order valence-electron chi connectivity index (χ3n) is 3.85. The fraction of sp³-hybridized carbons (Fsp3) is 0.250. The van der Waals surface area contributed by atoms with Crippen molar-refractivity contribution in [3.05, 3.63) is 72.3 Å². The van der Waals surface area contributed by atoms with E-state index >= 15 is 0 Å². The standard InChI is InChI=1S/C20H24N2O4S/c1-4-14-22(27(3,24)25)18-11-9-17(10-12-18)20(23)21-13-15-26-19-8-6-5-7-16(19)2/h4-12H,1,13-15H2,2-3H3,(H,21,23). The molecule has 2 aromatic carbocycles. The molecule has 0 bridgehead atoms. The van der Waals surface area contributed by atoms with Gasteiger partial charge in [-0.1, -0.05) is 24.3 Å². The number of carbonyl (C=O) groups excluding carboxylic acids is 1. The van der Waals surface area contributed by atoms with Crippen molar-refractivity contribution < 1.29 is 17.9 Å². The van der Waals surface area contributed by atoms with Gasteiger partial charge in [-0.2, -0.15) is 0 Å². The summed E-state index contributed by atoms with van der Waals surface area (Å²) in [5.41, 5.74) is 1.97. The van der Waals surface area contributed by atoms with Gasteiger partial charge in [0, 0.05) is 5.56 Å². The first-order valence-corrected chi connectivity index (χ1v) is 10.3. The molecule has 0 saturated heterocycles. The number of amides is 1. The monoisotopic (exact) mass is 388 g/mol. The Balaban J connectivity index is 1.91. The van der Waals surface area contributed by atoms with Crippen molar-refractivity contribution in [1.82, 2.24) is 5.32 Å². The van der Waals surface area contributed by atoms with Crippen LogP contribution >= 0.6 is 0 Å². The summed E-state index contributed by atoms with van der Waals surface area (Å²) in [4.78, 5) is 12.2. The number of nitrogens with one attached hydrogen (secondary N) is 1. The summed E-state index contributed by atoms with van der Waals surface area (Å²) < 4.78 is 30.5. The van der Waals surface area contributed by atoms with Crippen LogP contribution in [0, 0.1) is 6.92 Å². The Morgan fingerprint density at radius 3 is 2.44 bits per heavy atom. The lowest BCUT2D eigenvalue weighted by Gasteiger charge is -2.20. The fourth-order valence-corrected chi connectivity index (χ4v) is 3.36. The Kier molecular flexibility index (Phi) is 7.01. The summed E-state index contributed by atoms with van der Waals surface area (Å²) in [6, 6.07) is 14.1. The molecule has 2 aromatic rings. The van der Waals surface area contributed by atoms with Crippen molar-refractivity contribution in [1.29, 1.82) is 0 Å². The molecule has 1 amide bonds. The number of aryl methyl sites for hydroxylation is 1. The summed E-state index contributed by atoms with van der Waals surface area (Å²) in [6.45, 7) is 6.42. The zero-order chi connectivity index (χ0) is 19.9. The maximum atomic E-state index is 12.2. The van der Waals surface area contributed by atoms with E-state index in [4.69, 9.17) is 4.74 Å². The topological polar surface area (TPSA) is 75.7 Å². The van der Waals surface area contributed by atoms with E-state index in [1.807, 2.05) is 31.2 Å². The molecule has 0 aliphatic carbocycles. The van der Waals surface area contributed by atoms with Gasteiger partial charge in [0.1, 0.15) is 12.4 Å². The number of hydrogen-bond acceptors (Lipinski definition) is 4. The number of rotatable bonds is 9. The highest BCUT2D eigenvalue weighted by Gasteiger charge is 2.16. The number of ether oxygens (including phenoxy) is 1. The van der Waals surface area contributed by atoms with Crippen molar-refractivity contribution in [2.24, 2.45) is 0 Å². The van der Waals surface area contributed by atoms with Crippen molar-refractivity contribution in [3.8, 4) is 5.75 Å². The third-order valence-corrected chi connectivity index (χ3v) is 5.01. The van der Waals surface area contributed by atoms with E-state index in [0.29, 0.717) is 24.4 Å². The number of para-hydroxylation sites is 1. The molecule has 144 valence electrons. The second kappa shape index (κ2) is 9.23. The van der Waals surface area contributed by atoms with Crippen molar-refractivity contribution >= 4 is 21.6 Å². The molecule has 6 nitrogen and oxygen atoms in total. The maximum Gasteiger partial charge on any atom is 0.251 e. The molecule has 7 heteroatoms. The molecule has 0 radical (unpaired) electrons. The Hall–Kier alpha value is -2.80. The predicted octanol–water partition coefficient (Wildman–Crippen LogP) is 2.76. The largest absolute Gasteiger partial charge is 0.491 e. The smallest absolute Gasteiger partial charge is 0.251 e. The predicted molar refractivity (Wildman–Crippen MR) is 108 cm³/mol. The SMILES string of the molecule is C=CCN(c1ccc(C(=O)NCCOc2ccccc2C)cc1)S(C)(=O)=O. The summed E-state index contributed by atoms with van der Waals surface area (Å²) >= 11 is 0. The summed E-state index contributed by atoms with van der Waals surface area (Å²) in [5, 5.41) is 2.78. The Morgan fingerprint density at radius 2 is 1.85 bits per heavy atom. The fourth-order valence-electron chi connectivity index (χ4n) is 2.47. The zero-order valence-corrected chi connectivity index (χ0v) is 16.3. The normalized spacial score (nSPS) is 10.9. The molecular weight excluding hydrogens is 364 g/mol. The molecular formula is C20H24N2O4S. The van der Waals surface area contributed by atoms with Crippen LogP contribution in [-0.4, -0.2) is 40.3 Å². The highest BCUT2D eigenvalue weighted by atomic mass is 32.2. The van der Waals surface area contributed by atoms with E-state index in [1.165, 1.54) is 10.4 Å². The van der Waals surface area contributed by atoms with Crippen molar-refractivity contribution in [2.75, 3.05) is 30.3 Å². The first kappa shape index (κ1) is 20.5. The van der Waals surface area contributed by atoms with Gasteiger partial charge in [-0.05, 0) is 42.8 Å². The molecule has 0 aliphatic rings. The van der Waals surface area contributed by atoms with Gasteiger partial charge in [-0.25, -0.2) is 8.42 Å². The lowest BCUT2D eigenvalue weighted by molar-refractivity contribution is 0.0947. The average Bonchev–Trinajstić information content (AvgIpc) is 2.63. The van der Waals surface area contributed by atoms with Crippen LogP contribution < -0.4 is 14.4 Å². The molecule has 2 rings (SSSR count). The van der Waals surface area contributed by atoms with Crippen molar-refractivity contribution in [3.63, 3.8) is 0 Å². The minimum absolute atomic E-state index is 0.167. The van der Waals surface area contributed by atoms with E-state index in [2.05, 4.69) is 11.9 Å². The first-order valence-electron chi connectivity index (χ1n) is 8.48. The highest BCUT2D eigenvalue weighted by molar-refractivity contribution is 7.92. The Morgan fingerprint density at radius 1 is 1.19 bits per heavy atom. The second-order valence-corrected chi connectivity index (χ2v) is 7.91. The lowest BCUT2D eigenvalue weighted by atomic mass is 10.2. The van der Waals surface area contributed by atoms with Crippen LogP contribution in [0.1, 0.15) is 15.9 Å². The molecule has 0 fully saturated rings. The van der Waals surface area contributed by atoms with Crippen LogP contribution in [0.15, 0.2) is 61.2 Å². The van der Waals surface area contributed by atoms with Gasteiger partial charge in [-0.3, -0.25) is 9.10 Å². The quantitative estimate of drug-likeness (QED) is 0.529. The van der Waals surface area contributed by atoms with Crippen LogP contribution in [0.2, 0.25) is 0 Å². The summed E-state index contributed by atoms with van der Waals surface area (Å²) in [6.07, 6.45) is 2.64. The van der Waals surface area contributed by atoms with E-state index in [1.54, 1.807) is 24.3 Å². The Bertz CT molecular complexity index is 892. The molecule has 0 spiro atoms. The van der Waals surface area contributed by atoms with Crippen LogP contribution in [0.25, 0.3) is 0 Å². The minimum atomic E-state index is -3.42. The molecule has 1 N–H and O–H groups in total. The number of anilines is 1. The maximum absolute atomic E-state index is 12.2. The summed E-state index contributed by atoms with van der Waals surface area (Å²) in [7, 11) is -3.42. The zero-order valence-electron chi connectivity index (χ0n) is 15.5. The van der Waals surface area contributed by atoms with E-state index in [9.17, 15) is 13.2 Å². The molecule has 27 heavy (non-hydrogen) atoms. The van der Waals surface area contributed by atoms with Gasteiger partial charge in [0.2, 0.25) is 10.0 Å². The van der Waals surface area contributed by atoms with E-state index in [0.717, 1.165) is 17.6 Å². The number of hydrogen-bond donors (Lipinski definition) is 1. The van der Waals surface area contributed by atoms with Gasteiger partial charge in [0.15, 0.2) is 0 Å².